The van der Waals surface area contributed by atoms with Crippen molar-refractivity contribution in [3.8, 4) is 11.5 Å². The maximum atomic E-state index is 12.2. The lowest BCUT2D eigenvalue weighted by Gasteiger charge is -2.31. The largest absolute Gasteiger partial charge is 0.497 e. The third-order valence-electron chi connectivity index (χ3n) is 3.38. The first-order chi connectivity index (χ1) is 8.99. The average Bonchev–Trinajstić information content (AvgIpc) is 2.38. The molecule has 1 aliphatic heterocycles. The van der Waals surface area contributed by atoms with E-state index in [-0.39, 0.29) is 11.7 Å². The molecule has 0 N–H and O–H groups in total. The number of methoxy groups -OCH3 is 2. The second-order valence-corrected chi connectivity index (χ2v) is 4.64. The summed E-state index contributed by atoms with van der Waals surface area (Å²) in [6, 6.07) is 3.55. The SMILES string of the molecule is COc1cc2c(c(OC)c1)C(C(C)=O)C(=O)N(C)C2. The molecule has 1 aliphatic rings. The molecule has 0 saturated carbocycles. The smallest absolute Gasteiger partial charge is 0.237 e. The summed E-state index contributed by atoms with van der Waals surface area (Å²) in [6.45, 7) is 1.88. The van der Waals surface area contributed by atoms with Crippen molar-refractivity contribution in [1.29, 1.82) is 0 Å². The Morgan fingerprint density at radius 2 is 2.00 bits per heavy atom. The monoisotopic (exact) mass is 263 g/mol. The van der Waals surface area contributed by atoms with Crippen molar-refractivity contribution in [1.82, 2.24) is 4.90 Å². The van der Waals surface area contributed by atoms with Gasteiger partial charge in [0.15, 0.2) is 0 Å². The number of hydrogen-bond donors (Lipinski definition) is 0. The fraction of sp³-hybridized carbons (Fsp3) is 0.429. The van der Waals surface area contributed by atoms with E-state index in [4.69, 9.17) is 9.47 Å². The van der Waals surface area contributed by atoms with Crippen LogP contribution in [0, 0.1) is 0 Å². The number of hydrogen-bond acceptors (Lipinski definition) is 4. The molecule has 0 radical (unpaired) electrons. The molecular formula is C14H17NO4. The molecule has 0 saturated heterocycles. The Bertz CT molecular complexity index is 538. The number of nitrogens with zero attached hydrogens (tertiary/aromatic N) is 1. The number of benzene rings is 1. The Labute approximate surface area is 112 Å². The molecule has 0 aromatic heterocycles. The first-order valence-electron chi connectivity index (χ1n) is 5.99. The van der Waals surface area contributed by atoms with Crippen LogP contribution in [0.4, 0.5) is 0 Å². The third kappa shape index (κ3) is 2.16. The van der Waals surface area contributed by atoms with Crippen molar-refractivity contribution in [3.63, 3.8) is 0 Å². The van der Waals surface area contributed by atoms with Gasteiger partial charge < -0.3 is 14.4 Å². The van der Waals surface area contributed by atoms with Crippen LogP contribution >= 0.6 is 0 Å². The summed E-state index contributed by atoms with van der Waals surface area (Å²) >= 11 is 0. The van der Waals surface area contributed by atoms with E-state index >= 15 is 0 Å². The number of likely N-dealkylation sites (N-methyl/N-ethyl adjacent to an activating group) is 1. The summed E-state index contributed by atoms with van der Waals surface area (Å²) < 4.78 is 10.5. The minimum Gasteiger partial charge on any atom is -0.497 e. The Morgan fingerprint density at radius 3 is 2.53 bits per heavy atom. The van der Waals surface area contributed by atoms with Gasteiger partial charge in [0.1, 0.15) is 23.2 Å². The van der Waals surface area contributed by atoms with E-state index in [0.29, 0.717) is 23.6 Å². The van der Waals surface area contributed by atoms with E-state index in [1.807, 2.05) is 6.07 Å². The van der Waals surface area contributed by atoms with Crippen LogP contribution in [0.5, 0.6) is 11.5 Å². The van der Waals surface area contributed by atoms with E-state index < -0.39 is 5.92 Å². The standard InChI is InChI=1S/C14H17NO4/c1-8(16)12-13-9(7-15(2)14(12)17)5-10(18-3)6-11(13)19-4/h5-6,12H,7H2,1-4H3. The summed E-state index contributed by atoms with van der Waals surface area (Å²) in [6.07, 6.45) is 0. The predicted octanol–water partition coefficient (Wildman–Crippen LogP) is 1.35. The van der Waals surface area contributed by atoms with Gasteiger partial charge in [-0.15, -0.1) is 0 Å². The van der Waals surface area contributed by atoms with Gasteiger partial charge in [-0.05, 0) is 18.6 Å². The highest BCUT2D eigenvalue weighted by Crippen LogP contribution is 2.39. The minimum absolute atomic E-state index is 0.179. The van der Waals surface area contributed by atoms with Crippen LogP contribution < -0.4 is 9.47 Å². The first kappa shape index (κ1) is 13.4. The third-order valence-corrected chi connectivity index (χ3v) is 3.38. The fourth-order valence-electron chi connectivity index (χ4n) is 2.46. The lowest BCUT2D eigenvalue weighted by atomic mass is 9.85. The topological polar surface area (TPSA) is 55.8 Å². The van der Waals surface area contributed by atoms with Crippen molar-refractivity contribution in [2.24, 2.45) is 0 Å². The molecule has 1 heterocycles. The maximum Gasteiger partial charge on any atom is 0.237 e. The van der Waals surface area contributed by atoms with Gasteiger partial charge in [0, 0.05) is 25.2 Å². The first-order valence-corrected chi connectivity index (χ1v) is 5.99. The van der Waals surface area contributed by atoms with Gasteiger partial charge >= 0.3 is 0 Å². The van der Waals surface area contributed by atoms with E-state index in [0.717, 1.165) is 5.56 Å². The number of Topliss-reactive ketones (excluding diaryl/α,β-unsaturated/α-hetero) is 1. The Balaban J connectivity index is 2.66. The van der Waals surface area contributed by atoms with E-state index in [1.165, 1.54) is 14.0 Å². The van der Waals surface area contributed by atoms with Crippen molar-refractivity contribution in [2.75, 3.05) is 21.3 Å². The highest BCUT2D eigenvalue weighted by molar-refractivity contribution is 6.07. The molecule has 102 valence electrons. The summed E-state index contributed by atoms with van der Waals surface area (Å²) in [5.41, 5.74) is 1.55. The number of ketones is 1. The van der Waals surface area contributed by atoms with Gasteiger partial charge in [0.05, 0.1) is 14.2 Å². The Morgan fingerprint density at radius 1 is 1.32 bits per heavy atom. The van der Waals surface area contributed by atoms with E-state index in [9.17, 15) is 9.59 Å². The zero-order chi connectivity index (χ0) is 14.2. The van der Waals surface area contributed by atoms with Crippen molar-refractivity contribution in [2.45, 2.75) is 19.4 Å². The summed E-state index contributed by atoms with van der Waals surface area (Å²) in [5.74, 6) is 0.0241. The van der Waals surface area contributed by atoms with Crippen LogP contribution in [0.3, 0.4) is 0 Å². The molecular weight excluding hydrogens is 246 g/mol. The number of ether oxygens (including phenoxy) is 2. The predicted molar refractivity (Wildman–Crippen MR) is 69.4 cm³/mol. The molecule has 1 atom stereocenters. The van der Waals surface area contributed by atoms with Gasteiger partial charge in [-0.2, -0.15) is 0 Å². The van der Waals surface area contributed by atoms with Gasteiger partial charge in [0.2, 0.25) is 5.91 Å². The van der Waals surface area contributed by atoms with Crippen LogP contribution in [0.25, 0.3) is 0 Å². The molecule has 0 fully saturated rings. The summed E-state index contributed by atoms with van der Waals surface area (Å²) in [5, 5.41) is 0. The Hall–Kier alpha value is -2.04. The number of fused-ring (bicyclic) bond motifs is 1. The van der Waals surface area contributed by atoms with Crippen LogP contribution in [-0.4, -0.2) is 37.9 Å². The number of carbonyl (C=O) groups is 2. The van der Waals surface area contributed by atoms with E-state index in [2.05, 4.69) is 0 Å². The highest BCUT2D eigenvalue weighted by Gasteiger charge is 2.37. The van der Waals surface area contributed by atoms with Gasteiger partial charge in [-0.3, -0.25) is 9.59 Å². The summed E-state index contributed by atoms with van der Waals surface area (Å²) in [4.78, 5) is 25.5. The molecule has 0 aliphatic carbocycles. The van der Waals surface area contributed by atoms with Crippen molar-refractivity contribution < 1.29 is 19.1 Å². The molecule has 1 amide bonds. The molecule has 1 unspecified atom stereocenters. The highest BCUT2D eigenvalue weighted by atomic mass is 16.5. The molecule has 5 nitrogen and oxygen atoms in total. The number of carbonyl (C=O) groups excluding carboxylic acids is 2. The molecule has 1 aromatic carbocycles. The maximum absolute atomic E-state index is 12.2. The lowest BCUT2D eigenvalue weighted by molar-refractivity contribution is -0.137. The number of amides is 1. The van der Waals surface area contributed by atoms with Crippen molar-refractivity contribution in [3.05, 3.63) is 23.3 Å². The van der Waals surface area contributed by atoms with E-state index in [1.54, 1.807) is 25.1 Å². The van der Waals surface area contributed by atoms with Gasteiger partial charge in [-0.25, -0.2) is 0 Å². The van der Waals surface area contributed by atoms with Gasteiger partial charge in [-0.1, -0.05) is 0 Å². The normalized spacial score (nSPS) is 18.0. The summed E-state index contributed by atoms with van der Waals surface area (Å²) in [7, 11) is 4.78. The van der Waals surface area contributed by atoms with Crippen LogP contribution in [0.15, 0.2) is 12.1 Å². The fourth-order valence-corrected chi connectivity index (χ4v) is 2.46. The van der Waals surface area contributed by atoms with Gasteiger partial charge in [0.25, 0.3) is 0 Å². The van der Waals surface area contributed by atoms with Crippen LogP contribution in [0.1, 0.15) is 24.0 Å². The Kier molecular flexibility index (Phi) is 3.46. The molecule has 1 aromatic rings. The van der Waals surface area contributed by atoms with Crippen LogP contribution in [0.2, 0.25) is 0 Å². The second kappa shape index (κ2) is 4.91. The molecule has 0 bridgehead atoms. The molecule has 19 heavy (non-hydrogen) atoms. The molecule has 2 rings (SSSR count). The second-order valence-electron chi connectivity index (χ2n) is 4.64. The molecule has 0 spiro atoms. The zero-order valence-electron chi connectivity index (χ0n) is 11.5. The quantitative estimate of drug-likeness (QED) is 0.772. The molecule has 5 heteroatoms. The van der Waals surface area contributed by atoms with Crippen molar-refractivity contribution >= 4 is 11.7 Å². The lowest BCUT2D eigenvalue weighted by Crippen LogP contribution is -2.39. The minimum atomic E-state index is -0.783. The average molecular weight is 263 g/mol. The number of rotatable bonds is 3. The zero-order valence-corrected chi connectivity index (χ0v) is 11.5. The van der Waals surface area contributed by atoms with Crippen LogP contribution in [-0.2, 0) is 16.1 Å².